The van der Waals surface area contributed by atoms with Crippen LogP contribution in [0.3, 0.4) is 0 Å². The largest absolute Gasteiger partial charge is 0.478 e. The average molecular weight is 232 g/mol. The third-order valence-corrected chi connectivity index (χ3v) is 2.41. The number of benzene rings is 1. The van der Waals surface area contributed by atoms with Crippen LogP contribution in [-0.4, -0.2) is 25.7 Å². The summed E-state index contributed by atoms with van der Waals surface area (Å²) in [4.78, 5) is 10.5. The number of carbonyl (C=O) groups is 1. The van der Waals surface area contributed by atoms with Gasteiger partial charge < -0.3 is 5.11 Å². The Hall–Kier alpha value is -1.40. The van der Waals surface area contributed by atoms with Crippen LogP contribution in [0.1, 0.15) is 15.9 Å². The molecule has 0 unspecified atom stereocenters. The highest BCUT2D eigenvalue weighted by molar-refractivity contribution is 7.88. The molecule has 1 rings (SSSR count). The molecule has 1 aromatic rings. The van der Waals surface area contributed by atoms with Crippen LogP contribution in [0.25, 0.3) is 0 Å². The zero-order valence-corrected chi connectivity index (χ0v) is 8.91. The zero-order valence-electron chi connectivity index (χ0n) is 8.10. The fourth-order valence-corrected chi connectivity index (χ4v) is 1.41. The monoisotopic (exact) mass is 232 g/mol. The summed E-state index contributed by atoms with van der Waals surface area (Å²) in [5.74, 6) is -1.00. The average Bonchev–Trinajstić information content (AvgIpc) is 2.14. The molecule has 0 aromatic heterocycles. The Bertz CT molecular complexity index is 450. The summed E-state index contributed by atoms with van der Waals surface area (Å²) in [6, 6.07) is 6.01. The molecule has 15 heavy (non-hydrogen) atoms. The van der Waals surface area contributed by atoms with Crippen molar-refractivity contribution in [2.45, 2.75) is 6.54 Å². The summed E-state index contributed by atoms with van der Waals surface area (Å²) in [5.41, 5.74) is 0.892. The van der Waals surface area contributed by atoms with Gasteiger partial charge in [0.1, 0.15) is 0 Å². The minimum atomic E-state index is -3.22. The van der Waals surface area contributed by atoms with Gasteiger partial charge in [0.05, 0.1) is 11.8 Å². The van der Waals surface area contributed by atoms with Gasteiger partial charge in [-0.05, 0) is 17.7 Å². The molecule has 1 aromatic carbocycles. The number of aromatic carboxylic acids is 1. The first-order valence-corrected chi connectivity index (χ1v) is 6.04. The third kappa shape index (κ3) is 4.09. The van der Waals surface area contributed by atoms with Crippen molar-refractivity contribution in [2.24, 2.45) is 0 Å². The second kappa shape index (κ2) is 4.41. The first kappa shape index (κ1) is 11.7. The minimum Gasteiger partial charge on any atom is -0.478 e. The van der Waals surface area contributed by atoms with Crippen LogP contribution in [0.15, 0.2) is 24.3 Å². The van der Waals surface area contributed by atoms with Crippen molar-refractivity contribution < 1.29 is 18.3 Å². The van der Waals surface area contributed by atoms with Crippen LogP contribution >= 0.6 is 0 Å². The number of hydrogen-bond donors (Lipinski definition) is 2. The number of sulfonamides is 1. The fourth-order valence-electron chi connectivity index (χ4n) is 0.980. The van der Waals surface area contributed by atoms with Crippen molar-refractivity contribution in [3.05, 3.63) is 35.4 Å². The molecule has 82 valence electrons. The second-order valence-electron chi connectivity index (χ2n) is 3.10. The summed E-state index contributed by atoms with van der Waals surface area (Å²) in [6.07, 6.45) is 1.07. The molecule has 0 heterocycles. The van der Waals surface area contributed by atoms with E-state index in [-0.39, 0.29) is 12.1 Å². The summed E-state index contributed by atoms with van der Waals surface area (Å²) < 4.78 is 23.9. The number of carboxylic acids is 1. The van der Waals surface area contributed by atoms with E-state index >= 15 is 0 Å². The van der Waals surface area contributed by atoms with Crippen molar-refractivity contribution in [3.8, 4) is 0 Å². The van der Waals surface area contributed by atoms with Crippen molar-refractivity contribution in [2.75, 3.05) is 6.26 Å². The Kier molecular flexibility index (Phi) is 3.43. The van der Waals surface area contributed by atoms with Gasteiger partial charge in [-0.1, -0.05) is 12.1 Å². The first-order chi connectivity index (χ1) is 6.88. The van der Waals surface area contributed by atoms with Crippen LogP contribution in [-0.2, 0) is 16.6 Å². The maximum atomic E-state index is 10.8. The lowest BCUT2D eigenvalue weighted by atomic mass is 10.1. The lowest BCUT2D eigenvalue weighted by molar-refractivity contribution is 0.0697. The quantitative estimate of drug-likeness (QED) is 0.788. The molecule has 0 saturated heterocycles. The molecule has 0 radical (unpaired) electrons. The second-order valence-corrected chi connectivity index (χ2v) is 4.93. The topological polar surface area (TPSA) is 83.5 Å². The van der Waals surface area contributed by atoms with E-state index in [1.807, 2.05) is 0 Å². The summed E-state index contributed by atoms with van der Waals surface area (Å²) >= 11 is 0. The fraction of sp³-hybridized carbons (Fsp3) is 0.222. The van der Waals surface area contributed by atoms with Crippen LogP contribution < -0.4 is 4.72 Å². The Balaban J connectivity index is 2.69. The summed E-state index contributed by atoms with van der Waals surface area (Å²) in [5, 5.41) is 8.62. The predicted octanol–water partition coefficient (Wildman–Crippen LogP) is 0.434. The van der Waals surface area contributed by atoms with Gasteiger partial charge in [-0.25, -0.2) is 17.9 Å². The van der Waals surface area contributed by atoms with E-state index in [2.05, 4.69) is 4.72 Å². The summed E-state index contributed by atoms with van der Waals surface area (Å²) in [6.45, 7) is 0.165. The minimum absolute atomic E-state index is 0.165. The van der Waals surface area contributed by atoms with Gasteiger partial charge in [0.2, 0.25) is 10.0 Å². The van der Waals surface area contributed by atoms with E-state index in [0.717, 1.165) is 6.26 Å². The standard InChI is InChI=1S/C9H11NO4S/c1-15(13,14)10-6-7-2-4-8(5-3-7)9(11)12/h2-5,10H,6H2,1H3,(H,11,12)/i15+3. The summed E-state index contributed by atoms with van der Waals surface area (Å²) in [7, 11) is -3.22. The highest BCUT2D eigenvalue weighted by atomic mass is 35.1. The maximum absolute atomic E-state index is 10.8. The van der Waals surface area contributed by atoms with Crippen molar-refractivity contribution in [1.82, 2.24) is 4.72 Å². The molecule has 0 atom stereocenters. The van der Waals surface area contributed by atoms with Gasteiger partial charge in [0.15, 0.2) is 0 Å². The molecular formula is C9H11NO4S. The smallest absolute Gasteiger partial charge is 0.335 e. The molecule has 0 aliphatic heterocycles. The lowest BCUT2D eigenvalue weighted by Gasteiger charge is -2.02. The SMILES string of the molecule is C[35S](=O)(=O)NCc1ccc(C(=O)O)cc1. The van der Waals surface area contributed by atoms with Gasteiger partial charge in [-0.3, -0.25) is 0 Å². The molecule has 0 fully saturated rings. The van der Waals surface area contributed by atoms with E-state index < -0.39 is 16.0 Å². The molecular weight excluding hydrogens is 221 g/mol. The lowest BCUT2D eigenvalue weighted by Crippen LogP contribution is -2.21. The van der Waals surface area contributed by atoms with Gasteiger partial charge in [-0.2, -0.15) is 0 Å². The first-order valence-electron chi connectivity index (χ1n) is 4.15. The van der Waals surface area contributed by atoms with E-state index in [0.29, 0.717) is 5.56 Å². The maximum Gasteiger partial charge on any atom is 0.335 e. The number of carboxylic acid groups (broad SMARTS) is 1. The third-order valence-electron chi connectivity index (χ3n) is 1.74. The Morgan fingerprint density at radius 3 is 2.27 bits per heavy atom. The van der Waals surface area contributed by atoms with Gasteiger partial charge in [-0.15, -0.1) is 0 Å². The molecule has 0 spiro atoms. The number of rotatable bonds is 4. The zero-order chi connectivity index (χ0) is 11.5. The Morgan fingerprint density at radius 2 is 1.87 bits per heavy atom. The highest BCUT2D eigenvalue weighted by Gasteiger charge is 2.03. The Labute approximate surface area is 87.8 Å². The highest BCUT2D eigenvalue weighted by Crippen LogP contribution is 2.04. The van der Waals surface area contributed by atoms with E-state index in [1.54, 1.807) is 12.1 Å². The van der Waals surface area contributed by atoms with Crippen LogP contribution in [0.2, 0.25) is 0 Å². The van der Waals surface area contributed by atoms with E-state index in [1.165, 1.54) is 12.1 Å². The number of nitrogens with one attached hydrogen (secondary N) is 1. The molecule has 0 aliphatic carbocycles. The molecule has 0 amide bonds. The van der Waals surface area contributed by atoms with Gasteiger partial charge >= 0.3 is 5.97 Å². The molecule has 0 saturated carbocycles. The van der Waals surface area contributed by atoms with Crippen LogP contribution in [0.4, 0.5) is 0 Å². The predicted molar refractivity (Wildman–Crippen MR) is 55.1 cm³/mol. The van der Waals surface area contributed by atoms with Crippen molar-refractivity contribution in [1.29, 1.82) is 0 Å². The van der Waals surface area contributed by atoms with Crippen molar-refractivity contribution in [3.63, 3.8) is 0 Å². The van der Waals surface area contributed by atoms with Gasteiger partial charge in [0.25, 0.3) is 0 Å². The van der Waals surface area contributed by atoms with Gasteiger partial charge in [0, 0.05) is 6.54 Å². The van der Waals surface area contributed by atoms with E-state index in [9.17, 15) is 13.2 Å². The van der Waals surface area contributed by atoms with Crippen LogP contribution in [0.5, 0.6) is 0 Å². The molecule has 2 N–H and O–H groups in total. The molecule has 6 heteroatoms. The Morgan fingerprint density at radius 1 is 1.33 bits per heavy atom. The van der Waals surface area contributed by atoms with Crippen molar-refractivity contribution >= 4 is 16.0 Å². The molecule has 0 aliphatic rings. The van der Waals surface area contributed by atoms with E-state index in [4.69, 9.17) is 5.11 Å². The molecule has 5 nitrogen and oxygen atoms in total. The molecule has 0 bridgehead atoms. The van der Waals surface area contributed by atoms with Crippen LogP contribution in [0, 0.1) is 0 Å². The number of hydrogen-bond acceptors (Lipinski definition) is 3. The normalized spacial score (nSPS) is 11.3.